The number of hydrogen-bond donors (Lipinski definition) is 0. The Morgan fingerprint density at radius 1 is 1.21 bits per heavy atom. The molecule has 0 N–H and O–H groups in total. The van der Waals surface area contributed by atoms with E-state index in [1.165, 1.54) is 28.6 Å². The molecule has 3 rings (SSSR count). The largest absolute Gasteiger partial charge is 0.472 e. The molecule has 1 aliphatic rings. The van der Waals surface area contributed by atoms with E-state index in [2.05, 4.69) is 10.2 Å². The average molecular weight is 344 g/mol. The van der Waals surface area contributed by atoms with Crippen LogP contribution in [0.25, 0.3) is 0 Å². The fourth-order valence-electron chi connectivity index (χ4n) is 2.48. The quantitative estimate of drug-likeness (QED) is 0.834. The van der Waals surface area contributed by atoms with Crippen LogP contribution in [0, 0.1) is 18.3 Å². The summed E-state index contributed by atoms with van der Waals surface area (Å²) in [7, 11) is -3.59. The number of hydrogen-bond acceptors (Lipinski definition) is 6. The minimum Gasteiger partial charge on any atom is -0.472 e. The summed E-state index contributed by atoms with van der Waals surface area (Å²) < 4.78 is 32.4. The van der Waals surface area contributed by atoms with E-state index in [0.717, 1.165) is 5.69 Å². The first-order chi connectivity index (χ1) is 11.5. The number of sulfonamides is 1. The van der Waals surface area contributed by atoms with Crippen molar-refractivity contribution in [1.29, 1.82) is 5.26 Å². The molecular weight excluding hydrogens is 328 g/mol. The van der Waals surface area contributed by atoms with Crippen molar-refractivity contribution < 1.29 is 13.2 Å². The molecule has 8 heteroatoms. The third-order valence-electron chi connectivity index (χ3n) is 3.79. The van der Waals surface area contributed by atoms with Crippen LogP contribution in [-0.4, -0.2) is 42.1 Å². The molecule has 0 spiro atoms. The van der Waals surface area contributed by atoms with Gasteiger partial charge in [-0.2, -0.15) is 14.7 Å². The van der Waals surface area contributed by atoms with Gasteiger partial charge in [0.2, 0.25) is 15.9 Å². The zero-order valence-corrected chi connectivity index (χ0v) is 13.9. The lowest BCUT2D eigenvalue weighted by molar-refractivity contribution is 0.204. The molecule has 1 saturated heterocycles. The zero-order valence-electron chi connectivity index (χ0n) is 13.1. The van der Waals surface area contributed by atoms with Gasteiger partial charge in [0.15, 0.2) is 0 Å². The Bertz CT molecular complexity index is 858. The van der Waals surface area contributed by atoms with Gasteiger partial charge in [-0.05, 0) is 43.7 Å². The van der Waals surface area contributed by atoms with Gasteiger partial charge in [0.1, 0.15) is 6.10 Å². The van der Waals surface area contributed by atoms with Crippen molar-refractivity contribution in [3.63, 3.8) is 0 Å². The van der Waals surface area contributed by atoms with E-state index in [1.54, 1.807) is 12.1 Å². The number of ether oxygens (including phenoxy) is 1. The topological polar surface area (TPSA) is 96.2 Å². The third kappa shape index (κ3) is 3.37. The van der Waals surface area contributed by atoms with Crippen LogP contribution >= 0.6 is 0 Å². The summed E-state index contributed by atoms with van der Waals surface area (Å²) in [4.78, 5) is 0.178. The second-order valence-electron chi connectivity index (χ2n) is 5.54. The summed E-state index contributed by atoms with van der Waals surface area (Å²) in [6, 6.07) is 11.4. The fourth-order valence-corrected chi connectivity index (χ4v) is 3.97. The first-order valence-corrected chi connectivity index (χ1v) is 8.90. The molecule has 1 atom stereocenters. The molecule has 124 valence electrons. The lowest BCUT2D eigenvalue weighted by Crippen LogP contribution is -2.31. The number of benzene rings is 1. The smallest absolute Gasteiger partial charge is 0.243 e. The Hall–Kier alpha value is -2.50. The van der Waals surface area contributed by atoms with Gasteiger partial charge in [0, 0.05) is 12.6 Å². The van der Waals surface area contributed by atoms with Crippen LogP contribution in [0.5, 0.6) is 5.88 Å². The Morgan fingerprint density at radius 3 is 2.58 bits per heavy atom. The molecule has 0 radical (unpaired) electrons. The summed E-state index contributed by atoms with van der Waals surface area (Å²) >= 11 is 0. The maximum atomic E-state index is 12.6. The average Bonchev–Trinajstić information content (AvgIpc) is 3.06. The molecule has 0 bridgehead atoms. The monoisotopic (exact) mass is 344 g/mol. The van der Waals surface area contributed by atoms with Gasteiger partial charge in [-0.15, -0.1) is 5.10 Å². The van der Waals surface area contributed by atoms with Crippen LogP contribution in [0.1, 0.15) is 17.7 Å². The molecule has 0 unspecified atom stereocenters. The Labute approximate surface area is 140 Å². The molecule has 7 nitrogen and oxygen atoms in total. The van der Waals surface area contributed by atoms with Crippen LogP contribution in [0.2, 0.25) is 0 Å². The van der Waals surface area contributed by atoms with E-state index >= 15 is 0 Å². The van der Waals surface area contributed by atoms with Crippen LogP contribution in [0.15, 0.2) is 41.3 Å². The Kier molecular flexibility index (Phi) is 4.46. The van der Waals surface area contributed by atoms with E-state index < -0.39 is 10.0 Å². The van der Waals surface area contributed by atoms with Crippen molar-refractivity contribution in [1.82, 2.24) is 14.5 Å². The first-order valence-electron chi connectivity index (χ1n) is 7.46. The molecular formula is C16H16N4O3S. The molecule has 24 heavy (non-hydrogen) atoms. The van der Waals surface area contributed by atoms with Gasteiger partial charge >= 0.3 is 0 Å². The maximum absolute atomic E-state index is 12.6. The van der Waals surface area contributed by atoms with Gasteiger partial charge in [-0.3, -0.25) is 0 Å². The summed E-state index contributed by atoms with van der Waals surface area (Å²) in [5.41, 5.74) is 1.22. The van der Waals surface area contributed by atoms with E-state index in [9.17, 15) is 8.42 Å². The number of rotatable bonds is 4. The Morgan fingerprint density at radius 2 is 1.96 bits per heavy atom. The number of nitriles is 1. The fraction of sp³-hybridized carbons (Fsp3) is 0.312. The number of aryl methyl sites for hydroxylation is 1. The number of aromatic nitrogens is 2. The van der Waals surface area contributed by atoms with Gasteiger partial charge < -0.3 is 4.74 Å². The summed E-state index contributed by atoms with van der Waals surface area (Å²) in [6.07, 6.45) is 0.334. The van der Waals surface area contributed by atoms with E-state index in [0.29, 0.717) is 24.4 Å². The van der Waals surface area contributed by atoms with Crippen molar-refractivity contribution in [2.45, 2.75) is 24.3 Å². The van der Waals surface area contributed by atoms with Crippen molar-refractivity contribution in [3.8, 4) is 11.9 Å². The van der Waals surface area contributed by atoms with Gasteiger partial charge in [-0.25, -0.2) is 8.42 Å². The normalized spacial score (nSPS) is 18.2. The first kappa shape index (κ1) is 16.4. The lowest BCUT2D eigenvalue weighted by Gasteiger charge is -2.17. The van der Waals surface area contributed by atoms with Crippen molar-refractivity contribution in [3.05, 3.63) is 47.7 Å². The predicted octanol–water partition coefficient (Wildman–Crippen LogP) is 1.50. The molecule has 0 saturated carbocycles. The van der Waals surface area contributed by atoms with E-state index in [1.807, 2.05) is 13.0 Å². The van der Waals surface area contributed by atoms with Crippen LogP contribution in [0.3, 0.4) is 0 Å². The minimum absolute atomic E-state index is 0.178. The van der Waals surface area contributed by atoms with Crippen LogP contribution < -0.4 is 4.74 Å². The zero-order chi connectivity index (χ0) is 17.2. The molecule has 1 aromatic heterocycles. The highest BCUT2D eigenvalue weighted by Gasteiger charge is 2.33. The molecule has 2 heterocycles. The molecule has 2 aromatic rings. The van der Waals surface area contributed by atoms with Crippen molar-refractivity contribution in [2.75, 3.05) is 13.1 Å². The SMILES string of the molecule is Cc1ccc(O[C@H]2CCN(S(=O)(=O)c3ccc(C#N)cc3)C2)nn1. The molecule has 1 aliphatic heterocycles. The van der Waals surface area contributed by atoms with Gasteiger partial charge in [0.05, 0.1) is 28.8 Å². The summed E-state index contributed by atoms with van der Waals surface area (Å²) in [5.74, 6) is 0.392. The van der Waals surface area contributed by atoms with Crippen LogP contribution in [0.4, 0.5) is 0 Å². The third-order valence-corrected chi connectivity index (χ3v) is 5.67. The predicted molar refractivity (Wildman–Crippen MR) is 85.7 cm³/mol. The van der Waals surface area contributed by atoms with E-state index in [-0.39, 0.29) is 17.5 Å². The number of nitrogens with zero attached hydrogens (tertiary/aromatic N) is 4. The van der Waals surface area contributed by atoms with Crippen molar-refractivity contribution in [2.24, 2.45) is 0 Å². The second kappa shape index (κ2) is 6.55. The molecule has 1 fully saturated rings. The van der Waals surface area contributed by atoms with Gasteiger partial charge in [-0.1, -0.05) is 0 Å². The van der Waals surface area contributed by atoms with Gasteiger partial charge in [0.25, 0.3) is 0 Å². The molecule has 0 aliphatic carbocycles. The minimum atomic E-state index is -3.59. The molecule has 0 amide bonds. The highest BCUT2D eigenvalue weighted by Crippen LogP contribution is 2.23. The van der Waals surface area contributed by atoms with Crippen LogP contribution in [-0.2, 0) is 10.0 Å². The summed E-state index contributed by atoms with van der Waals surface area (Å²) in [6.45, 7) is 2.47. The maximum Gasteiger partial charge on any atom is 0.243 e. The molecule has 1 aromatic carbocycles. The standard InChI is InChI=1S/C16H16N4O3S/c1-12-2-7-16(19-18-12)23-14-8-9-20(11-14)24(21,22)15-5-3-13(10-17)4-6-15/h2-7,14H,8-9,11H2,1H3/t14-/m0/s1. The lowest BCUT2D eigenvalue weighted by atomic mass is 10.2. The highest BCUT2D eigenvalue weighted by molar-refractivity contribution is 7.89. The second-order valence-corrected chi connectivity index (χ2v) is 7.48. The highest BCUT2D eigenvalue weighted by atomic mass is 32.2. The van der Waals surface area contributed by atoms with E-state index in [4.69, 9.17) is 10.00 Å². The van der Waals surface area contributed by atoms with Crippen molar-refractivity contribution >= 4 is 10.0 Å². The summed E-state index contributed by atoms with van der Waals surface area (Å²) in [5, 5.41) is 16.7. The Balaban J connectivity index is 1.69.